The Kier molecular flexibility index (Phi) is 5.81. The predicted molar refractivity (Wildman–Crippen MR) is 130 cm³/mol. The van der Waals surface area contributed by atoms with Crippen LogP contribution in [0.4, 0.5) is 9.18 Å². The lowest BCUT2D eigenvalue weighted by Crippen LogP contribution is -2.50. The van der Waals surface area contributed by atoms with Crippen LogP contribution >= 0.6 is 0 Å². The molecule has 2 unspecified atom stereocenters. The van der Waals surface area contributed by atoms with Gasteiger partial charge in [0, 0.05) is 24.9 Å². The van der Waals surface area contributed by atoms with Crippen molar-refractivity contribution in [2.75, 3.05) is 0 Å². The molecule has 1 aromatic carbocycles. The lowest BCUT2D eigenvalue weighted by atomic mass is 10.0. The molecule has 2 aromatic rings. The van der Waals surface area contributed by atoms with Gasteiger partial charge in [0.05, 0.1) is 15.7 Å². The third-order valence-electron chi connectivity index (χ3n) is 7.86. The Bertz CT molecular complexity index is 1330. The summed E-state index contributed by atoms with van der Waals surface area (Å²) in [7, 11) is -3.50. The molecular formula is C26H30FN3O6S. The molecule has 9 nitrogen and oxygen atoms in total. The fourth-order valence-corrected chi connectivity index (χ4v) is 6.94. The van der Waals surface area contributed by atoms with Crippen LogP contribution < -0.4 is 9.47 Å². The van der Waals surface area contributed by atoms with Crippen LogP contribution in [0.5, 0.6) is 17.5 Å². The first kappa shape index (κ1) is 24.4. The number of halogens is 1. The Morgan fingerprint density at radius 1 is 1.08 bits per heavy atom. The van der Waals surface area contributed by atoms with E-state index in [1.807, 2.05) is 11.8 Å². The first-order valence-electron chi connectivity index (χ1n) is 12.8. The SMILES string of the molecule is Cc1c(Oc2ccc(S(=O)(=O)C3CC3)cc2F)ncnc1OC1CC2CCC(C1)N2C(=O)OC1(C)CC1. The van der Waals surface area contributed by atoms with Gasteiger partial charge in [-0.05, 0) is 70.6 Å². The van der Waals surface area contributed by atoms with Crippen LogP contribution in [-0.4, -0.2) is 58.4 Å². The molecule has 0 spiro atoms. The molecule has 6 rings (SSSR count). The minimum Gasteiger partial charge on any atom is -0.474 e. The summed E-state index contributed by atoms with van der Waals surface area (Å²) in [6.45, 7) is 3.70. The minimum atomic E-state index is -3.50. The summed E-state index contributed by atoms with van der Waals surface area (Å²) in [5.41, 5.74) is 0.205. The van der Waals surface area contributed by atoms with Crippen LogP contribution in [0.3, 0.4) is 0 Å². The maximum atomic E-state index is 14.8. The first-order chi connectivity index (χ1) is 17.6. The van der Waals surface area contributed by atoms with Crippen molar-refractivity contribution in [2.45, 2.75) is 99.1 Å². The third-order valence-corrected chi connectivity index (χ3v) is 10.1. The predicted octanol–water partition coefficient (Wildman–Crippen LogP) is 4.72. The van der Waals surface area contributed by atoms with Gasteiger partial charge in [0.25, 0.3) is 0 Å². The van der Waals surface area contributed by atoms with E-state index >= 15 is 0 Å². The molecule has 2 aliphatic heterocycles. The molecule has 4 aliphatic rings. The molecule has 3 heterocycles. The highest BCUT2D eigenvalue weighted by molar-refractivity contribution is 7.92. The van der Waals surface area contributed by atoms with E-state index in [9.17, 15) is 17.6 Å². The number of nitrogens with zero attached hydrogens (tertiary/aromatic N) is 3. The van der Waals surface area contributed by atoms with Gasteiger partial charge in [-0.15, -0.1) is 0 Å². The smallest absolute Gasteiger partial charge is 0.410 e. The Hall–Kier alpha value is -2.95. The van der Waals surface area contributed by atoms with Gasteiger partial charge in [-0.2, -0.15) is 0 Å². The zero-order chi connectivity index (χ0) is 25.9. The van der Waals surface area contributed by atoms with E-state index in [1.54, 1.807) is 6.92 Å². The maximum absolute atomic E-state index is 14.8. The normalized spacial score (nSPS) is 26.0. The number of hydrogen-bond acceptors (Lipinski definition) is 8. The largest absolute Gasteiger partial charge is 0.474 e. The van der Waals surface area contributed by atoms with E-state index in [2.05, 4.69) is 9.97 Å². The van der Waals surface area contributed by atoms with Crippen molar-refractivity contribution in [1.29, 1.82) is 0 Å². The van der Waals surface area contributed by atoms with Crippen LogP contribution in [0, 0.1) is 12.7 Å². The number of rotatable bonds is 7. The Balaban J connectivity index is 1.13. The minimum absolute atomic E-state index is 0.0422. The van der Waals surface area contributed by atoms with Crippen molar-refractivity contribution < 1.29 is 31.8 Å². The first-order valence-corrected chi connectivity index (χ1v) is 14.4. The summed E-state index contributed by atoms with van der Waals surface area (Å²) in [4.78, 5) is 23.0. The number of benzene rings is 1. The molecule has 2 atom stereocenters. The molecule has 2 saturated carbocycles. The second kappa shape index (κ2) is 8.82. The maximum Gasteiger partial charge on any atom is 0.410 e. The van der Waals surface area contributed by atoms with E-state index in [1.165, 1.54) is 18.5 Å². The second-order valence-corrected chi connectivity index (χ2v) is 13.1. The molecule has 11 heteroatoms. The van der Waals surface area contributed by atoms with Gasteiger partial charge in [-0.25, -0.2) is 27.6 Å². The monoisotopic (exact) mass is 531 g/mol. The van der Waals surface area contributed by atoms with Gasteiger partial charge in [0.2, 0.25) is 11.8 Å². The van der Waals surface area contributed by atoms with E-state index in [0.717, 1.165) is 31.7 Å². The fourth-order valence-electron chi connectivity index (χ4n) is 5.28. The molecular weight excluding hydrogens is 501 g/mol. The lowest BCUT2D eigenvalue weighted by molar-refractivity contribution is 0.0114. The van der Waals surface area contributed by atoms with E-state index in [0.29, 0.717) is 37.1 Å². The van der Waals surface area contributed by atoms with Gasteiger partial charge in [0.1, 0.15) is 18.0 Å². The van der Waals surface area contributed by atoms with Crippen LogP contribution in [-0.2, 0) is 14.6 Å². The highest BCUT2D eigenvalue weighted by Crippen LogP contribution is 2.43. The number of carbonyl (C=O) groups is 1. The molecule has 1 amide bonds. The molecule has 0 N–H and O–H groups in total. The van der Waals surface area contributed by atoms with Crippen LogP contribution in [0.1, 0.15) is 63.9 Å². The van der Waals surface area contributed by atoms with Gasteiger partial charge in [-0.1, -0.05) is 0 Å². The van der Waals surface area contributed by atoms with Crippen molar-refractivity contribution in [3.8, 4) is 17.5 Å². The topological polar surface area (TPSA) is 108 Å². The number of hydrogen-bond donors (Lipinski definition) is 0. The molecule has 37 heavy (non-hydrogen) atoms. The van der Waals surface area contributed by atoms with E-state index in [-0.39, 0.29) is 46.4 Å². The van der Waals surface area contributed by atoms with Crippen LogP contribution in [0.25, 0.3) is 0 Å². The molecule has 198 valence electrons. The summed E-state index contributed by atoms with van der Waals surface area (Å²) in [5, 5.41) is -0.420. The van der Waals surface area contributed by atoms with E-state index in [4.69, 9.17) is 14.2 Å². The zero-order valence-corrected chi connectivity index (χ0v) is 21.7. The Labute approximate surface area is 215 Å². The molecule has 2 aliphatic carbocycles. The van der Waals surface area contributed by atoms with E-state index < -0.39 is 20.9 Å². The van der Waals surface area contributed by atoms with Crippen molar-refractivity contribution in [1.82, 2.24) is 14.9 Å². The molecule has 4 fully saturated rings. The number of carbonyl (C=O) groups excluding carboxylic acids is 1. The third kappa shape index (κ3) is 4.73. The van der Waals surface area contributed by atoms with Crippen LogP contribution in [0.15, 0.2) is 29.4 Å². The molecule has 2 bridgehead atoms. The summed E-state index contributed by atoms with van der Waals surface area (Å²) in [6, 6.07) is 3.79. The number of ether oxygens (including phenoxy) is 3. The van der Waals surface area contributed by atoms with Gasteiger partial charge in [-0.3, -0.25) is 0 Å². The van der Waals surface area contributed by atoms with Crippen LogP contribution in [0.2, 0.25) is 0 Å². The highest BCUT2D eigenvalue weighted by atomic mass is 32.2. The number of sulfone groups is 1. The number of piperidine rings is 1. The summed E-state index contributed by atoms with van der Waals surface area (Å²) in [6.07, 6.45) is 7.15. The number of amides is 1. The summed E-state index contributed by atoms with van der Waals surface area (Å²) in [5.74, 6) is -0.442. The quantitative estimate of drug-likeness (QED) is 0.505. The average molecular weight is 532 g/mol. The standard InChI is InChI=1S/C26H30FN3O6S/c1-15-23(34-18-11-16-3-4-17(12-18)30(16)25(31)36-26(2)9-10-26)28-14-29-24(15)35-22-8-7-20(13-21(22)27)37(32,33)19-5-6-19/h7-8,13-14,16-19H,3-6,9-12H2,1-2H3. The number of fused-ring (bicyclic) bond motifs is 2. The molecule has 0 radical (unpaired) electrons. The van der Waals surface area contributed by atoms with Gasteiger partial charge >= 0.3 is 6.09 Å². The Morgan fingerprint density at radius 2 is 1.76 bits per heavy atom. The fraction of sp³-hybridized carbons (Fsp3) is 0.577. The van der Waals surface area contributed by atoms with Gasteiger partial charge in [0.15, 0.2) is 21.4 Å². The van der Waals surface area contributed by atoms with Crippen molar-refractivity contribution in [2.24, 2.45) is 0 Å². The number of aromatic nitrogens is 2. The second-order valence-electron chi connectivity index (χ2n) is 10.9. The zero-order valence-electron chi connectivity index (χ0n) is 20.9. The lowest BCUT2D eigenvalue weighted by Gasteiger charge is -2.38. The van der Waals surface area contributed by atoms with Crippen molar-refractivity contribution in [3.05, 3.63) is 35.9 Å². The summed E-state index contributed by atoms with van der Waals surface area (Å²) >= 11 is 0. The summed E-state index contributed by atoms with van der Waals surface area (Å²) < 4.78 is 57.2. The molecule has 2 saturated heterocycles. The highest BCUT2D eigenvalue weighted by Gasteiger charge is 2.49. The Morgan fingerprint density at radius 3 is 2.38 bits per heavy atom. The van der Waals surface area contributed by atoms with Gasteiger partial charge < -0.3 is 19.1 Å². The average Bonchev–Trinajstić information content (AvgIpc) is 3.78. The molecule has 1 aromatic heterocycles. The van der Waals surface area contributed by atoms with Crippen molar-refractivity contribution in [3.63, 3.8) is 0 Å². The van der Waals surface area contributed by atoms with Crippen molar-refractivity contribution >= 4 is 15.9 Å².